The van der Waals surface area contributed by atoms with Crippen molar-refractivity contribution in [1.82, 2.24) is 4.72 Å². The topological polar surface area (TPSA) is 115 Å². The highest BCUT2D eigenvalue weighted by Gasteiger charge is 2.31. The highest BCUT2D eigenvalue weighted by Crippen LogP contribution is 2.26. The van der Waals surface area contributed by atoms with Gasteiger partial charge in [0.25, 0.3) is 5.69 Å². The maximum Gasteiger partial charge on any atom is 0.292 e. The molecule has 0 saturated heterocycles. The number of nitro groups is 1. The summed E-state index contributed by atoms with van der Waals surface area (Å²) in [6.07, 6.45) is 1.01. The summed E-state index contributed by atoms with van der Waals surface area (Å²) in [4.78, 5) is 8.95. The molecule has 1 aromatic rings. The van der Waals surface area contributed by atoms with Crippen LogP contribution in [0.1, 0.15) is 26.7 Å². The first-order valence-corrected chi connectivity index (χ1v) is 7.86. The fraction of sp³-hybridized carbons (Fsp3) is 0.500. The summed E-state index contributed by atoms with van der Waals surface area (Å²) in [5, 5.41) is 10.9. The lowest BCUT2D eigenvalue weighted by atomic mass is 9.95. The van der Waals surface area contributed by atoms with Crippen molar-refractivity contribution in [2.75, 3.05) is 6.54 Å². The zero-order chi connectivity index (χ0) is 16.3. The molecule has 3 N–H and O–H groups in total. The molecule has 21 heavy (non-hydrogen) atoms. The highest BCUT2D eigenvalue weighted by molar-refractivity contribution is 7.89. The molecule has 0 amide bonds. The molecule has 0 atom stereocenters. The van der Waals surface area contributed by atoms with E-state index < -0.39 is 36.9 Å². The SMILES string of the molecule is CCC(N)(CC)CNS(=O)(=O)c1c(F)cccc1[N+](=O)[O-]. The average molecular weight is 319 g/mol. The Kier molecular flexibility index (Phi) is 5.37. The number of rotatable bonds is 7. The first-order chi connectivity index (χ1) is 9.67. The van der Waals surface area contributed by atoms with Crippen molar-refractivity contribution in [2.45, 2.75) is 37.1 Å². The molecule has 0 aliphatic rings. The smallest absolute Gasteiger partial charge is 0.292 e. The third-order valence-corrected chi connectivity index (χ3v) is 4.90. The van der Waals surface area contributed by atoms with Crippen LogP contribution in [0.3, 0.4) is 0 Å². The van der Waals surface area contributed by atoms with Crippen LogP contribution in [0, 0.1) is 15.9 Å². The van der Waals surface area contributed by atoms with Crippen molar-refractivity contribution in [3.63, 3.8) is 0 Å². The molecule has 0 aromatic heterocycles. The van der Waals surface area contributed by atoms with Crippen molar-refractivity contribution in [1.29, 1.82) is 0 Å². The Balaban J connectivity index is 3.18. The number of nitrogens with zero attached hydrogens (tertiary/aromatic N) is 1. The molecule has 0 fully saturated rings. The second kappa shape index (κ2) is 6.46. The fourth-order valence-corrected chi connectivity index (χ4v) is 3.08. The summed E-state index contributed by atoms with van der Waals surface area (Å²) in [6.45, 7) is 3.46. The van der Waals surface area contributed by atoms with E-state index in [1.165, 1.54) is 0 Å². The third kappa shape index (κ3) is 3.96. The molecule has 0 aliphatic heterocycles. The normalized spacial score (nSPS) is 12.4. The Labute approximate surface area is 122 Å². The van der Waals surface area contributed by atoms with E-state index in [1.807, 2.05) is 0 Å². The van der Waals surface area contributed by atoms with Crippen LogP contribution in [0.4, 0.5) is 10.1 Å². The van der Waals surface area contributed by atoms with Crippen LogP contribution in [0.25, 0.3) is 0 Å². The molecule has 1 aromatic carbocycles. The molecule has 7 nitrogen and oxygen atoms in total. The van der Waals surface area contributed by atoms with Gasteiger partial charge in [-0.25, -0.2) is 17.5 Å². The molecule has 0 saturated carbocycles. The number of nitrogens with one attached hydrogen (secondary N) is 1. The summed E-state index contributed by atoms with van der Waals surface area (Å²) >= 11 is 0. The molecule has 0 spiro atoms. The van der Waals surface area contributed by atoms with Gasteiger partial charge < -0.3 is 5.73 Å². The van der Waals surface area contributed by atoms with Gasteiger partial charge in [0.15, 0.2) is 4.90 Å². The molecule has 118 valence electrons. The molecule has 0 unspecified atom stereocenters. The largest absolute Gasteiger partial charge is 0.324 e. The number of hydrogen-bond donors (Lipinski definition) is 2. The lowest BCUT2D eigenvalue weighted by Crippen LogP contribution is -2.49. The molecule has 0 radical (unpaired) electrons. The summed E-state index contributed by atoms with van der Waals surface area (Å²) in [6, 6.07) is 2.88. The molecule has 1 rings (SSSR count). The average Bonchev–Trinajstić information content (AvgIpc) is 2.44. The Hall–Kier alpha value is -1.58. The zero-order valence-electron chi connectivity index (χ0n) is 11.8. The van der Waals surface area contributed by atoms with E-state index in [4.69, 9.17) is 5.73 Å². The van der Waals surface area contributed by atoms with Crippen LogP contribution in [0.15, 0.2) is 23.1 Å². The van der Waals surface area contributed by atoms with E-state index in [0.29, 0.717) is 12.8 Å². The Morgan fingerprint density at radius 1 is 1.38 bits per heavy atom. The lowest BCUT2D eigenvalue weighted by molar-refractivity contribution is -0.388. The second-order valence-corrected chi connectivity index (χ2v) is 6.44. The third-order valence-electron chi connectivity index (χ3n) is 3.43. The maximum absolute atomic E-state index is 13.7. The quantitative estimate of drug-likeness (QED) is 0.584. The van der Waals surface area contributed by atoms with Gasteiger partial charge in [-0.2, -0.15) is 0 Å². The molecule has 9 heteroatoms. The maximum atomic E-state index is 13.7. The second-order valence-electron chi connectivity index (χ2n) is 4.74. The van der Waals surface area contributed by atoms with Crippen LogP contribution in [-0.4, -0.2) is 25.4 Å². The van der Waals surface area contributed by atoms with E-state index >= 15 is 0 Å². The van der Waals surface area contributed by atoms with Crippen LogP contribution in [-0.2, 0) is 10.0 Å². The Bertz CT molecular complexity index is 629. The van der Waals surface area contributed by atoms with Gasteiger partial charge in [0.05, 0.1) is 4.92 Å². The standard InChI is InChI=1S/C12H18FN3O4S/c1-3-12(14,4-2)8-15-21(19,20)11-9(13)6-5-7-10(11)16(17)18/h5-7,15H,3-4,8,14H2,1-2H3. The fourth-order valence-electron chi connectivity index (χ4n) is 1.72. The molecular weight excluding hydrogens is 301 g/mol. The first kappa shape index (κ1) is 17.5. The monoisotopic (exact) mass is 319 g/mol. The van der Waals surface area contributed by atoms with Crippen molar-refractivity contribution < 1.29 is 17.7 Å². The number of sulfonamides is 1. The zero-order valence-corrected chi connectivity index (χ0v) is 12.6. The van der Waals surface area contributed by atoms with Crippen molar-refractivity contribution in [3.05, 3.63) is 34.1 Å². The van der Waals surface area contributed by atoms with Crippen LogP contribution >= 0.6 is 0 Å². The van der Waals surface area contributed by atoms with Gasteiger partial charge in [-0.3, -0.25) is 10.1 Å². The van der Waals surface area contributed by atoms with E-state index in [-0.39, 0.29) is 6.54 Å². The van der Waals surface area contributed by atoms with Gasteiger partial charge in [-0.1, -0.05) is 19.9 Å². The molecule has 0 aliphatic carbocycles. The molecule has 0 heterocycles. The van der Waals surface area contributed by atoms with Gasteiger partial charge in [0.1, 0.15) is 5.82 Å². The van der Waals surface area contributed by atoms with E-state index in [1.54, 1.807) is 13.8 Å². The number of nitro benzene ring substituents is 1. The van der Waals surface area contributed by atoms with Crippen molar-refractivity contribution in [3.8, 4) is 0 Å². The van der Waals surface area contributed by atoms with Crippen LogP contribution in [0.2, 0.25) is 0 Å². The minimum absolute atomic E-state index is 0.131. The minimum Gasteiger partial charge on any atom is -0.324 e. The first-order valence-electron chi connectivity index (χ1n) is 6.38. The van der Waals surface area contributed by atoms with Crippen LogP contribution in [0.5, 0.6) is 0 Å². The van der Waals surface area contributed by atoms with Gasteiger partial charge in [0.2, 0.25) is 10.0 Å². The van der Waals surface area contributed by atoms with E-state index in [0.717, 1.165) is 18.2 Å². The van der Waals surface area contributed by atoms with Gasteiger partial charge in [-0.15, -0.1) is 0 Å². The predicted octanol–water partition coefficient (Wildman–Crippen LogP) is 1.53. The number of benzene rings is 1. The van der Waals surface area contributed by atoms with Crippen molar-refractivity contribution >= 4 is 15.7 Å². The van der Waals surface area contributed by atoms with E-state index in [9.17, 15) is 22.9 Å². The summed E-state index contributed by atoms with van der Waals surface area (Å²) < 4.78 is 40.2. The lowest BCUT2D eigenvalue weighted by Gasteiger charge is -2.26. The Morgan fingerprint density at radius 3 is 2.43 bits per heavy atom. The van der Waals surface area contributed by atoms with Crippen molar-refractivity contribution in [2.24, 2.45) is 5.73 Å². The number of hydrogen-bond acceptors (Lipinski definition) is 5. The molecule has 0 bridgehead atoms. The van der Waals surface area contributed by atoms with Gasteiger partial charge >= 0.3 is 0 Å². The summed E-state index contributed by atoms with van der Waals surface area (Å²) in [7, 11) is -4.37. The predicted molar refractivity (Wildman–Crippen MR) is 75.7 cm³/mol. The van der Waals surface area contributed by atoms with Gasteiger partial charge in [0, 0.05) is 18.2 Å². The summed E-state index contributed by atoms with van der Waals surface area (Å²) in [5.41, 5.74) is 4.37. The minimum atomic E-state index is -4.37. The highest BCUT2D eigenvalue weighted by atomic mass is 32.2. The van der Waals surface area contributed by atoms with Gasteiger partial charge in [-0.05, 0) is 18.9 Å². The van der Waals surface area contributed by atoms with Crippen LogP contribution < -0.4 is 10.5 Å². The number of nitrogens with two attached hydrogens (primary N) is 1. The summed E-state index contributed by atoms with van der Waals surface area (Å²) in [5.74, 6) is -1.17. The molecular formula is C12H18FN3O4S. The number of halogens is 1. The Morgan fingerprint density at radius 2 is 1.95 bits per heavy atom. The van der Waals surface area contributed by atoms with E-state index in [2.05, 4.69) is 4.72 Å².